The van der Waals surface area contributed by atoms with E-state index < -0.39 is 119 Å². The molecule has 2 aromatic carbocycles. The second-order valence-corrected chi connectivity index (χ2v) is 17.9. The summed E-state index contributed by atoms with van der Waals surface area (Å²) in [6.45, 7) is 11.6. The minimum atomic E-state index is -2.43. The van der Waals surface area contributed by atoms with Crippen molar-refractivity contribution >= 4 is 41.3 Å². The van der Waals surface area contributed by atoms with E-state index in [0.717, 1.165) is 6.92 Å². The van der Waals surface area contributed by atoms with Crippen LogP contribution in [0.2, 0.25) is 0 Å². The summed E-state index contributed by atoms with van der Waals surface area (Å²) in [6, 6.07) is 12.9. The molecule has 0 radical (unpaired) electrons. The minimum Gasteiger partial charge on any atom is -0.458 e. The SMILES string of the molecule is C/C=C(\C)C(=O)N[C@@H](c1ccccc1)[C@@H](O)CC(=O)O[C@H]1C[C@@]2(O)[C@@H](OC(=O)c3cccc(N=[N+]=[N-])c3)C3[C@](C)(C(=O)[C@H](OC(=O)CC)C(=C1C)C2(C)C)[C@@H](O)C[C@H]1OC[C@@]31OC(C)=O. The first-order valence-corrected chi connectivity index (χ1v) is 21.5. The molecule has 0 aromatic heterocycles. The standard InChI is InChI=1S/C47H56N4O14/c1-9-24(3)42(58)49-37(27-15-12-11-13-16-27)30(53)20-35(56)62-31-22-47(60)41(64-43(59)28-17-14-18-29(19-28)50-51-48)39-45(8,32(54)21-33-46(39,23-61-33)65-26(5)52)40(57)38(63-34(55)10-2)36(25(31)4)44(47,6)7/h9,11-19,30-33,37-39,41,53-54,60H,10,20-23H2,1-8H3,(H,49,58)/b24-9+/t30-,31-,32-,33+,37-,38+,39?,41-,45+,46-,47+/m0/s1. The van der Waals surface area contributed by atoms with E-state index in [9.17, 15) is 39.3 Å². The first kappa shape index (κ1) is 48.5. The lowest BCUT2D eigenvalue weighted by molar-refractivity contribution is -0.346. The summed E-state index contributed by atoms with van der Waals surface area (Å²) in [4.78, 5) is 86.4. The van der Waals surface area contributed by atoms with Crippen LogP contribution >= 0.6 is 0 Å². The van der Waals surface area contributed by atoms with Gasteiger partial charge in [0.1, 0.15) is 23.9 Å². The summed E-state index contributed by atoms with van der Waals surface area (Å²) in [5.41, 5.74) is 2.03. The van der Waals surface area contributed by atoms with Crippen molar-refractivity contribution in [2.24, 2.45) is 21.9 Å². The number of benzene rings is 2. The van der Waals surface area contributed by atoms with Crippen LogP contribution in [-0.2, 0) is 47.7 Å². The Kier molecular flexibility index (Phi) is 13.8. The van der Waals surface area contributed by atoms with E-state index in [4.69, 9.17) is 29.2 Å². The predicted molar refractivity (Wildman–Crippen MR) is 229 cm³/mol. The Morgan fingerprint density at radius 3 is 2.32 bits per heavy atom. The Balaban J connectivity index is 1.53. The largest absolute Gasteiger partial charge is 0.458 e. The van der Waals surface area contributed by atoms with Gasteiger partial charge in [0.05, 0.1) is 48.2 Å². The van der Waals surface area contributed by atoms with E-state index in [1.54, 1.807) is 64.1 Å². The lowest BCUT2D eigenvalue weighted by Crippen LogP contribution is -2.82. The smallest absolute Gasteiger partial charge is 0.338 e. The number of allylic oxidation sites excluding steroid dienone is 1. The number of amides is 1. The monoisotopic (exact) mass is 900 g/mol. The Morgan fingerprint density at radius 2 is 1.72 bits per heavy atom. The average molecular weight is 901 g/mol. The van der Waals surface area contributed by atoms with Gasteiger partial charge in [0.15, 0.2) is 17.5 Å². The fourth-order valence-corrected chi connectivity index (χ4v) is 10.2. The number of ketones is 1. The molecule has 1 heterocycles. The maximum Gasteiger partial charge on any atom is 0.338 e. The van der Waals surface area contributed by atoms with Crippen LogP contribution < -0.4 is 5.32 Å². The second kappa shape index (κ2) is 18.5. The van der Waals surface area contributed by atoms with Crippen molar-refractivity contribution in [3.05, 3.63) is 99.0 Å². The van der Waals surface area contributed by atoms with E-state index >= 15 is 4.79 Å². The number of rotatable bonds is 13. The molecule has 18 nitrogen and oxygen atoms in total. The fraction of sp³-hybridized carbons (Fsp3) is 0.532. The molecule has 6 rings (SSSR count). The minimum absolute atomic E-state index is 0.000509. The fourth-order valence-electron chi connectivity index (χ4n) is 10.2. The van der Waals surface area contributed by atoms with Gasteiger partial charge in [-0.15, -0.1) is 0 Å². The molecular formula is C47H56N4O14. The van der Waals surface area contributed by atoms with E-state index in [1.165, 1.54) is 45.0 Å². The van der Waals surface area contributed by atoms with Crippen LogP contribution in [0.15, 0.2) is 82.5 Å². The molecule has 4 aliphatic rings. The zero-order valence-corrected chi connectivity index (χ0v) is 37.6. The lowest BCUT2D eigenvalue weighted by Gasteiger charge is -2.67. The third kappa shape index (κ3) is 8.56. The molecule has 1 aliphatic heterocycles. The zero-order valence-electron chi connectivity index (χ0n) is 37.6. The number of carbonyl (C=O) groups is 6. The van der Waals surface area contributed by atoms with Gasteiger partial charge >= 0.3 is 23.9 Å². The highest BCUT2D eigenvalue weighted by molar-refractivity contribution is 5.96. The highest BCUT2D eigenvalue weighted by atomic mass is 16.6. The molecule has 0 spiro atoms. The summed E-state index contributed by atoms with van der Waals surface area (Å²) in [5.74, 6) is -6.66. The van der Waals surface area contributed by atoms with Crippen LogP contribution in [0.4, 0.5) is 5.69 Å². The molecule has 348 valence electrons. The number of aliphatic hydroxyl groups excluding tert-OH is 2. The van der Waals surface area contributed by atoms with Gasteiger partial charge in [-0.1, -0.05) is 74.4 Å². The van der Waals surface area contributed by atoms with Gasteiger partial charge in [-0.25, -0.2) is 4.79 Å². The van der Waals surface area contributed by atoms with Gasteiger partial charge < -0.3 is 44.3 Å². The molecule has 3 aliphatic carbocycles. The van der Waals surface area contributed by atoms with Gasteiger partial charge in [0, 0.05) is 47.8 Å². The summed E-state index contributed by atoms with van der Waals surface area (Å²) in [6.07, 6.45) is -9.43. The number of ether oxygens (including phenoxy) is 5. The second-order valence-electron chi connectivity index (χ2n) is 17.9. The van der Waals surface area contributed by atoms with Crippen molar-refractivity contribution in [2.75, 3.05) is 6.61 Å². The first-order chi connectivity index (χ1) is 30.6. The normalized spacial score (nSPS) is 31.1. The lowest BCUT2D eigenvalue weighted by atomic mass is 9.44. The number of azide groups is 1. The number of Topliss-reactive ketones (excluding diaryl/α,β-unsaturated/α-hetero) is 1. The molecule has 11 atom stereocenters. The van der Waals surface area contributed by atoms with Crippen LogP contribution in [0.25, 0.3) is 10.4 Å². The van der Waals surface area contributed by atoms with Crippen molar-refractivity contribution in [1.29, 1.82) is 0 Å². The first-order valence-electron chi connectivity index (χ1n) is 21.5. The molecule has 2 aromatic rings. The predicted octanol–water partition coefficient (Wildman–Crippen LogP) is 5.11. The van der Waals surface area contributed by atoms with Crippen molar-refractivity contribution in [2.45, 2.75) is 135 Å². The van der Waals surface area contributed by atoms with Crippen molar-refractivity contribution in [1.82, 2.24) is 5.32 Å². The van der Waals surface area contributed by atoms with Crippen LogP contribution in [0.5, 0.6) is 0 Å². The summed E-state index contributed by atoms with van der Waals surface area (Å²) in [5, 5.41) is 43.8. The number of nitrogens with zero attached hydrogens (tertiary/aromatic N) is 3. The molecule has 18 heteroatoms. The van der Waals surface area contributed by atoms with Gasteiger partial charge in [-0.2, -0.15) is 0 Å². The van der Waals surface area contributed by atoms with E-state index in [2.05, 4.69) is 15.3 Å². The van der Waals surface area contributed by atoms with E-state index in [1.807, 2.05) is 0 Å². The molecule has 1 unspecified atom stereocenters. The Morgan fingerprint density at radius 1 is 1.03 bits per heavy atom. The Labute approximate surface area is 375 Å². The number of carbonyl (C=O) groups excluding carboxylic acids is 6. The molecular weight excluding hydrogens is 845 g/mol. The highest BCUT2D eigenvalue weighted by Gasteiger charge is 2.78. The number of hydrogen-bond acceptors (Lipinski definition) is 15. The Bertz CT molecular complexity index is 2360. The number of nitrogens with one attached hydrogen (secondary N) is 1. The quantitative estimate of drug-likeness (QED) is 0.0387. The third-order valence-electron chi connectivity index (χ3n) is 13.9. The van der Waals surface area contributed by atoms with E-state index in [-0.39, 0.29) is 41.8 Å². The molecule has 65 heavy (non-hydrogen) atoms. The van der Waals surface area contributed by atoms with Gasteiger partial charge in [-0.05, 0) is 62.1 Å². The summed E-state index contributed by atoms with van der Waals surface area (Å²) in [7, 11) is 0. The number of hydrogen-bond donors (Lipinski definition) is 4. The van der Waals surface area contributed by atoms with E-state index in [0.29, 0.717) is 11.1 Å². The van der Waals surface area contributed by atoms with Crippen LogP contribution in [0.3, 0.4) is 0 Å². The average Bonchev–Trinajstić information content (AvgIpc) is 3.26. The van der Waals surface area contributed by atoms with Gasteiger partial charge in [0.2, 0.25) is 5.91 Å². The third-order valence-corrected chi connectivity index (χ3v) is 13.9. The maximum absolute atomic E-state index is 15.6. The summed E-state index contributed by atoms with van der Waals surface area (Å²) >= 11 is 0. The Hall–Kier alpha value is -5.91. The molecule has 1 saturated heterocycles. The molecule has 2 bridgehead atoms. The van der Waals surface area contributed by atoms with Crippen LogP contribution in [0.1, 0.15) is 103 Å². The number of aliphatic hydroxyl groups is 3. The highest BCUT2D eigenvalue weighted by Crippen LogP contribution is 2.64. The van der Waals surface area contributed by atoms with Crippen molar-refractivity contribution in [3.8, 4) is 0 Å². The molecule has 1 amide bonds. The topological polar surface area (TPSA) is 270 Å². The van der Waals surface area contributed by atoms with Crippen LogP contribution in [-0.4, -0.2) is 105 Å². The number of esters is 4. The van der Waals surface area contributed by atoms with Crippen molar-refractivity contribution < 1.29 is 67.8 Å². The maximum atomic E-state index is 15.6. The van der Waals surface area contributed by atoms with Gasteiger partial charge in [-0.3, -0.25) is 24.0 Å². The summed E-state index contributed by atoms with van der Waals surface area (Å²) < 4.78 is 30.5. The van der Waals surface area contributed by atoms with Crippen molar-refractivity contribution in [3.63, 3.8) is 0 Å². The molecule has 2 saturated carbocycles. The van der Waals surface area contributed by atoms with Crippen LogP contribution in [0, 0.1) is 16.7 Å². The van der Waals surface area contributed by atoms with Gasteiger partial charge in [0.25, 0.3) is 0 Å². The zero-order chi connectivity index (χ0) is 47.8. The molecule has 4 N–H and O–H groups in total. The number of fused-ring (bicyclic) bond motifs is 5. The molecule has 3 fully saturated rings.